The highest BCUT2D eigenvalue weighted by atomic mass is 16.7. The molecule has 4 aromatic rings. The normalized spacial score (nSPS) is 19.5. The molecule has 0 spiro atoms. The topological polar surface area (TPSA) is 138 Å². The molecular weight excluding hydrogens is 636 g/mol. The van der Waals surface area contributed by atoms with Crippen LogP contribution in [0.5, 0.6) is 0 Å². The summed E-state index contributed by atoms with van der Waals surface area (Å²) in [6.07, 6.45) is 3.47. The lowest BCUT2D eigenvalue weighted by Gasteiger charge is -2.40. The number of piperazine rings is 1. The summed E-state index contributed by atoms with van der Waals surface area (Å²) in [5, 5.41) is 14.9. The Hall–Kier alpha value is -4.88. The van der Waals surface area contributed by atoms with Crippen LogP contribution in [-0.2, 0) is 32.2 Å². The number of carbonyl (C=O) groups excluding carboxylic acids is 2. The highest BCUT2D eigenvalue weighted by Gasteiger charge is 2.34. The van der Waals surface area contributed by atoms with Crippen LogP contribution in [0.25, 0.3) is 11.1 Å². The van der Waals surface area contributed by atoms with Gasteiger partial charge in [0.1, 0.15) is 6.54 Å². The number of aliphatic hydroxyl groups is 1. The minimum atomic E-state index is -0.565. The van der Waals surface area contributed by atoms with Crippen LogP contribution in [0, 0.1) is 0 Å². The monoisotopic (exact) mass is 680 g/mol. The number of aliphatic hydroxyl groups excluding tert-OH is 1. The predicted molar refractivity (Wildman–Crippen MR) is 188 cm³/mol. The van der Waals surface area contributed by atoms with Crippen molar-refractivity contribution in [1.82, 2.24) is 25.5 Å². The molecule has 0 aliphatic carbocycles. The van der Waals surface area contributed by atoms with Crippen molar-refractivity contribution in [1.29, 1.82) is 0 Å². The van der Waals surface area contributed by atoms with Gasteiger partial charge in [-0.3, -0.25) is 9.69 Å². The third kappa shape index (κ3) is 9.21. The molecule has 0 bridgehead atoms. The molecule has 3 unspecified atom stereocenters. The van der Waals surface area contributed by atoms with Crippen molar-refractivity contribution in [2.45, 2.75) is 45.0 Å². The van der Waals surface area contributed by atoms with Gasteiger partial charge in [-0.2, -0.15) is 0 Å². The maximum absolute atomic E-state index is 12.3. The average molecular weight is 681 g/mol. The van der Waals surface area contributed by atoms with E-state index in [1.165, 1.54) is 0 Å². The van der Waals surface area contributed by atoms with Crippen LogP contribution in [0.4, 0.5) is 10.7 Å². The van der Waals surface area contributed by atoms with Crippen molar-refractivity contribution >= 4 is 17.9 Å². The van der Waals surface area contributed by atoms with Crippen molar-refractivity contribution in [3.8, 4) is 11.1 Å². The number of hydrogen-bond acceptors (Lipinski definition) is 10. The average Bonchev–Trinajstić information content (AvgIpc) is 3.17. The van der Waals surface area contributed by atoms with Crippen molar-refractivity contribution in [3.63, 3.8) is 0 Å². The zero-order valence-electron chi connectivity index (χ0n) is 28.2. The maximum Gasteiger partial charge on any atom is 0.325 e. The summed E-state index contributed by atoms with van der Waals surface area (Å²) in [6.45, 7) is 6.31. The Balaban J connectivity index is 1.13. The molecule has 3 N–H and O–H groups in total. The van der Waals surface area contributed by atoms with Gasteiger partial charge in [-0.25, -0.2) is 14.8 Å². The summed E-state index contributed by atoms with van der Waals surface area (Å²) in [6, 6.07) is 25.3. The molecule has 3 atom stereocenters. The third-order valence-electron chi connectivity index (χ3n) is 8.93. The van der Waals surface area contributed by atoms with Crippen LogP contribution in [0.15, 0.2) is 91.3 Å². The van der Waals surface area contributed by atoms with E-state index in [-0.39, 0.29) is 38.5 Å². The van der Waals surface area contributed by atoms with E-state index in [9.17, 15) is 14.7 Å². The highest BCUT2D eigenvalue weighted by Crippen LogP contribution is 2.39. The lowest BCUT2D eigenvalue weighted by molar-refractivity contribution is -0.253. The number of carbonyl (C=O) groups is 2. The number of ether oxygens (including phenoxy) is 3. The Morgan fingerprint density at radius 1 is 0.880 bits per heavy atom. The van der Waals surface area contributed by atoms with E-state index in [0.717, 1.165) is 72.1 Å². The summed E-state index contributed by atoms with van der Waals surface area (Å²) < 4.78 is 18.1. The van der Waals surface area contributed by atoms with Gasteiger partial charge in [0.15, 0.2) is 6.29 Å². The standard InChI is InChI=1S/C38H44N6O6/c1-2-48-35(46)24-42-38(47)41-23-31-6-3-4-7-33(31)28-12-14-30(15-13-28)36-49-32(22-34(50-36)29-10-8-27(26-45)9-11-29)25-43-18-20-44(21-19-43)37-39-16-5-17-40-37/h3-17,32,34,36,45H,2,18-26H2,1H3,(H2,41,42,47). The van der Waals surface area contributed by atoms with Gasteiger partial charge in [-0.15, -0.1) is 0 Å². The molecule has 12 nitrogen and oxygen atoms in total. The van der Waals surface area contributed by atoms with E-state index in [2.05, 4.69) is 30.4 Å². The Bertz CT molecular complexity index is 1680. The summed E-state index contributed by atoms with van der Waals surface area (Å²) in [7, 11) is 0. The van der Waals surface area contributed by atoms with Crippen LogP contribution in [0.2, 0.25) is 0 Å². The minimum absolute atomic E-state index is 0.00557. The summed E-state index contributed by atoms with van der Waals surface area (Å²) in [5.41, 5.74) is 5.72. The Labute approximate surface area is 292 Å². The van der Waals surface area contributed by atoms with Crippen LogP contribution in [-0.4, -0.2) is 84.0 Å². The number of hydrogen-bond donors (Lipinski definition) is 3. The SMILES string of the molecule is CCOC(=O)CNC(=O)NCc1ccccc1-c1ccc(C2OC(CN3CCN(c4ncccn4)CC3)CC(c3ccc(CO)cc3)O2)cc1. The molecule has 2 aliphatic rings. The van der Waals surface area contributed by atoms with E-state index >= 15 is 0 Å². The molecule has 3 heterocycles. The zero-order chi connectivity index (χ0) is 34.7. The van der Waals surface area contributed by atoms with E-state index < -0.39 is 18.3 Å². The fourth-order valence-electron chi connectivity index (χ4n) is 6.28. The summed E-state index contributed by atoms with van der Waals surface area (Å²) >= 11 is 0. The predicted octanol–water partition coefficient (Wildman–Crippen LogP) is 4.37. The first-order valence-corrected chi connectivity index (χ1v) is 17.1. The van der Waals surface area contributed by atoms with Gasteiger partial charge in [0.2, 0.25) is 5.95 Å². The first-order chi connectivity index (χ1) is 24.5. The van der Waals surface area contributed by atoms with Crippen LogP contribution in [0.1, 0.15) is 48.0 Å². The van der Waals surface area contributed by atoms with Gasteiger partial charge in [0.05, 0.1) is 25.4 Å². The van der Waals surface area contributed by atoms with Crippen molar-refractivity contribution in [3.05, 3.63) is 114 Å². The van der Waals surface area contributed by atoms with Gasteiger partial charge in [0.25, 0.3) is 0 Å². The number of urea groups is 1. The molecule has 2 aliphatic heterocycles. The van der Waals surface area contributed by atoms with Crippen molar-refractivity contribution in [2.75, 3.05) is 50.8 Å². The molecule has 262 valence electrons. The van der Waals surface area contributed by atoms with Crippen LogP contribution < -0.4 is 15.5 Å². The lowest BCUT2D eigenvalue weighted by atomic mass is 9.97. The van der Waals surface area contributed by atoms with E-state index in [1.54, 1.807) is 19.3 Å². The van der Waals surface area contributed by atoms with Crippen LogP contribution in [0.3, 0.4) is 0 Å². The van der Waals surface area contributed by atoms with E-state index in [0.29, 0.717) is 6.42 Å². The van der Waals surface area contributed by atoms with Gasteiger partial charge in [-0.05, 0) is 40.8 Å². The molecule has 0 saturated carbocycles. The van der Waals surface area contributed by atoms with Gasteiger partial charge in [0, 0.05) is 63.6 Å². The maximum atomic E-state index is 12.3. The minimum Gasteiger partial charge on any atom is -0.465 e. The van der Waals surface area contributed by atoms with Crippen molar-refractivity contribution < 1.29 is 28.9 Å². The third-order valence-corrected chi connectivity index (χ3v) is 8.93. The Kier molecular flexibility index (Phi) is 12.0. The molecule has 1 aromatic heterocycles. The first-order valence-electron chi connectivity index (χ1n) is 17.1. The number of rotatable bonds is 12. The largest absolute Gasteiger partial charge is 0.465 e. The van der Waals surface area contributed by atoms with Gasteiger partial charge < -0.3 is 34.9 Å². The highest BCUT2D eigenvalue weighted by molar-refractivity contribution is 5.81. The number of amides is 2. The number of nitrogens with zero attached hydrogens (tertiary/aromatic N) is 4. The number of esters is 1. The molecule has 3 aromatic carbocycles. The van der Waals surface area contributed by atoms with E-state index in [4.69, 9.17) is 14.2 Å². The number of anilines is 1. The second-order valence-corrected chi connectivity index (χ2v) is 12.3. The fourth-order valence-corrected chi connectivity index (χ4v) is 6.28. The van der Waals surface area contributed by atoms with Gasteiger partial charge in [-0.1, -0.05) is 72.8 Å². The molecule has 2 amide bonds. The zero-order valence-corrected chi connectivity index (χ0v) is 28.2. The van der Waals surface area contributed by atoms with Crippen LogP contribution >= 0.6 is 0 Å². The quantitative estimate of drug-likeness (QED) is 0.185. The second kappa shape index (κ2) is 17.2. The Morgan fingerprint density at radius 2 is 1.60 bits per heavy atom. The Morgan fingerprint density at radius 3 is 2.32 bits per heavy atom. The number of nitrogens with one attached hydrogen (secondary N) is 2. The molecule has 2 saturated heterocycles. The fraction of sp³-hybridized carbons (Fsp3) is 0.368. The second-order valence-electron chi connectivity index (χ2n) is 12.3. The molecule has 0 radical (unpaired) electrons. The smallest absolute Gasteiger partial charge is 0.325 e. The molecule has 50 heavy (non-hydrogen) atoms. The molecular formula is C38H44N6O6. The first kappa shape index (κ1) is 35.0. The molecule has 6 rings (SSSR count). The van der Waals surface area contributed by atoms with Crippen molar-refractivity contribution in [2.24, 2.45) is 0 Å². The van der Waals surface area contributed by atoms with E-state index in [1.807, 2.05) is 78.9 Å². The molecule has 12 heteroatoms. The number of aromatic nitrogens is 2. The van der Waals surface area contributed by atoms with Gasteiger partial charge >= 0.3 is 12.0 Å². The number of benzene rings is 3. The summed E-state index contributed by atoms with van der Waals surface area (Å²) in [5.74, 6) is 0.281. The summed E-state index contributed by atoms with van der Waals surface area (Å²) in [4.78, 5) is 37.4. The molecule has 2 fully saturated rings. The lowest BCUT2D eigenvalue weighted by Crippen LogP contribution is -2.50.